The summed E-state index contributed by atoms with van der Waals surface area (Å²) in [7, 11) is 0. The lowest BCUT2D eigenvalue weighted by atomic mass is 9.87. The van der Waals surface area contributed by atoms with E-state index in [4.69, 9.17) is 4.52 Å². The van der Waals surface area contributed by atoms with Crippen molar-refractivity contribution in [3.8, 4) is 0 Å². The number of carbonyl (C=O) groups is 1. The molecule has 1 unspecified atom stereocenters. The normalized spacial score (nSPS) is 16.5. The molecule has 128 valence electrons. The molecule has 3 rings (SSSR count). The van der Waals surface area contributed by atoms with Crippen LogP contribution >= 0.6 is 0 Å². The van der Waals surface area contributed by atoms with Crippen LogP contribution < -0.4 is 5.32 Å². The molecule has 1 aliphatic rings. The highest BCUT2D eigenvalue weighted by molar-refractivity contribution is 5.74. The van der Waals surface area contributed by atoms with Crippen molar-refractivity contribution in [1.29, 1.82) is 0 Å². The van der Waals surface area contributed by atoms with Crippen LogP contribution in [0.3, 0.4) is 0 Å². The van der Waals surface area contributed by atoms with E-state index < -0.39 is 0 Å². The molecule has 1 aromatic heterocycles. The van der Waals surface area contributed by atoms with E-state index >= 15 is 0 Å². The SMILES string of the molecule is Cc1noc(CNC(=O)N(CCO)C2CCCc3ccccc32)n1. The molecule has 0 fully saturated rings. The second-order valence-electron chi connectivity index (χ2n) is 5.92. The molecule has 24 heavy (non-hydrogen) atoms. The molecule has 7 heteroatoms. The maximum Gasteiger partial charge on any atom is 0.318 e. The van der Waals surface area contributed by atoms with Gasteiger partial charge in [0.15, 0.2) is 5.82 Å². The van der Waals surface area contributed by atoms with Crippen LogP contribution in [0.5, 0.6) is 0 Å². The fourth-order valence-electron chi connectivity index (χ4n) is 3.22. The van der Waals surface area contributed by atoms with Gasteiger partial charge in [-0.2, -0.15) is 4.98 Å². The van der Waals surface area contributed by atoms with Gasteiger partial charge in [-0.15, -0.1) is 0 Å². The zero-order valence-electron chi connectivity index (χ0n) is 13.7. The second-order valence-corrected chi connectivity index (χ2v) is 5.92. The number of aryl methyl sites for hydroxylation is 2. The number of aromatic nitrogens is 2. The summed E-state index contributed by atoms with van der Waals surface area (Å²) >= 11 is 0. The molecule has 1 heterocycles. The van der Waals surface area contributed by atoms with Gasteiger partial charge in [-0.05, 0) is 37.3 Å². The van der Waals surface area contributed by atoms with Gasteiger partial charge in [0, 0.05) is 6.54 Å². The first kappa shape index (κ1) is 16.4. The van der Waals surface area contributed by atoms with Crippen LogP contribution in [0.15, 0.2) is 28.8 Å². The van der Waals surface area contributed by atoms with Crippen molar-refractivity contribution in [2.75, 3.05) is 13.2 Å². The standard InChI is InChI=1S/C17H22N4O3/c1-12-19-16(24-20-12)11-18-17(23)21(9-10-22)15-8-4-6-13-5-2-3-7-14(13)15/h2-3,5,7,15,22H,4,6,8-11H2,1H3,(H,18,23). The van der Waals surface area contributed by atoms with Crippen LogP contribution in [0.2, 0.25) is 0 Å². The number of aliphatic hydroxyl groups is 1. The van der Waals surface area contributed by atoms with Crippen molar-refractivity contribution in [2.45, 2.75) is 38.8 Å². The number of rotatable bonds is 5. The molecule has 0 saturated heterocycles. The Bertz CT molecular complexity index is 701. The largest absolute Gasteiger partial charge is 0.395 e. The topological polar surface area (TPSA) is 91.5 Å². The Balaban J connectivity index is 1.73. The summed E-state index contributed by atoms with van der Waals surface area (Å²) in [5, 5.41) is 15.9. The molecular formula is C17H22N4O3. The minimum Gasteiger partial charge on any atom is -0.395 e. The molecule has 2 N–H and O–H groups in total. The molecule has 0 bridgehead atoms. The maximum absolute atomic E-state index is 12.6. The van der Waals surface area contributed by atoms with Crippen LogP contribution in [0.1, 0.15) is 41.7 Å². The molecule has 7 nitrogen and oxygen atoms in total. The fraction of sp³-hybridized carbons (Fsp3) is 0.471. The van der Waals surface area contributed by atoms with Gasteiger partial charge in [-0.3, -0.25) is 0 Å². The number of fused-ring (bicyclic) bond motifs is 1. The Morgan fingerprint density at radius 3 is 3.04 bits per heavy atom. The third-order valence-electron chi connectivity index (χ3n) is 4.28. The van der Waals surface area contributed by atoms with Crippen LogP contribution in [-0.2, 0) is 13.0 Å². The van der Waals surface area contributed by atoms with E-state index in [1.54, 1.807) is 11.8 Å². The zero-order chi connectivity index (χ0) is 16.9. The molecule has 0 saturated carbocycles. The molecule has 1 aliphatic carbocycles. The third-order valence-corrected chi connectivity index (χ3v) is 4.28. The third kappa shape index (κ3) is 3.56. The average molecular weight is 330 g/mol. The van der Waals surface area contributed by atoms with Crippen LogP contribution in [-0.4, -0.2) is 39.3 Å². The number of aliphatic hydroxyl groups excluding tert-OH is 1. The molecule has 0 radical (unpaired) electrons. The van der Waals surface area contributed by atoms with Gasteiger partial charge in [0.1, 0.15) is 0 Å². The predicted octanol–water partition coefficient (Wildman–Crippen LogP) is 1.96. The van der Waals surface area contributed by atoms with E-state index in [1.165, 1.54) is 11.1 Å². The number of nitrogens with zero attached hydrogens (tertiary/aromatic N) is 3. The number of urea groups is 1. The van der Waals surface area contributed by atoms with Crippen molar-refractivity contribution in [3.05, 3.63) is 47.1 Å². The van der Waals surface area contributed by atoms with Crippen molar-refractivity contribution < 1.29 is 14.4 Å². The van der Waals surface area contributed by atoms with Gasteiger partial charge in [0.2, 0.25) is 5.89 Å². The minimum absolute atomic E-state index is 0.0217. The van der Waals surface area contributed by atoms with Crippen molar-refractivity contribution in [2.24, 2.45) is 0 Å². The zero-order valence-corrected chi connectivity index (χ0v) is 13.7. The first-order valence-electron chi connectivity index (χ1n) is 8.21. The first-order valence-corrected chi connectivity index (χ1v) is 8.21. The van der Waals surface area contributed by atoms with E-state index in [0.29, 0.717) is 11.7 Å². The Morgan fingerprint density at radius 1 is 1.46 bits per heavy atom. The van der Waals surface area contributed by atoms with Crippen molar-refractivity contribution >= 4 is 6.03 Å². The highest BCUT2D eigenvalue weighted by Gasteiger charge is 2.28. The number of hydrogen-bond acceptors (Lipinski definition) is 5. The fourth-order valence-corrected chi connectivity index (χ4v) is 3.22. The summed E-state index contributed by atoms with van der Waals surface area (Å²) < 4.78 is 5.01. The minimum atomic E-state index is -0.235. The van der Waals surface area contributed by atoms with Gasteiger partial charge in [-0.1, -0.05) is 29.4 Å². The van der Waals surface area contributed by atoms with Gasteiger partial charge < -0.3 is 19.8 Å². The molecule has 0 aliphatic heterocycles. The number of amides is 2. The van der Waals surface area contributed by atoms with E-state index in [-0.39, 0.29) is 31.8 Å². The van der Waals surface area contributed by atoms with Crippen molar-refractivity contribution in [1.82, 2.24) is 20.4 Å². The number of benzene rings is 1. The van der Waals surface area contributed by atoms with Gasteiger partial charge >= 0.3 is 6.03 Å². The smallest absolute Gasteiger partial charge is 0.318 e. The molecule has 2 aromatic rings. The maximum atomic E-state index is 12.6. The summed E-state index contributed by atoms with van der Waals surface area (Å²) in [6.07, 6.45) is 2.95. The number of nitrogens with one attached hydrogen (secondary N) is 1. The first-order chi connectivity index (χ1) is 11.7. The lowest BCUT2D eigenvalue weighted by Gasteiger charge is -2.35. The monoisotopic (exact) mass is 330 g/mol. The van der Waals surface area contributed by atoms with E-state index in [0.717, 1.165) is 19.3 Å². The predicted molar refractivity (Wildman–Crippen MR) is 87.2 cm³/mol. The highest BCUT2D eigenvalue weighted by Crippen LogP contribution is 2.34. The summed E-state index contributed by atoms with van der Waals surface area (Å²) in [5.74, 6) is 0.904. The molecule has 2 amide bonds. The van der Waals surface area contributed by atoms with E-state index in [2.05, 4.69) is 27.6 Å². The lowest BCUT2D eigenvalue weighted by molar-refractivity contribution is 0.143. The van der Waals surface area contributed by atoms with Crippen LogP contribution in [0, 0.1) is 6.92 Å². The van der Waals surface area contributed by atoms with Crippen LogP contribution in [0.4, 0.5) is 4.79 Å². The van der Waals surface area contributed by atoms with E-state index in [9.17, 15) is 9.90 Å². The quantitative estimate of drug-likeness (QED) is 0.874. The van der Waals surface area contributed by atoms with Gasteiger partial charge in [0.25, 0.3) is 0 Å². The van der Waals surface area contributed by atoms with E-state index in [1.807, 2.05) is 12.1 Å². The summed E-state index contributed by atoms with van der Waals surface area (Å²) in [4.78, 5) is 18.4. The summed E-state index contributed by atoms with van der Waals surface area (Å²) in [6.45, 7) is 2.11. The summed E-state index contributed by atoms with van der Waals surface area (Å²) in [5.41, 5.74) is 2.44. The molecule has 1 aromatic carbocycles. The molecular weight excluding hydrogens is 308 g/mol. The second kappa shape index (κ2) is 7.44. The number of carbonyl (C=O) groups excluding carboxylic acids is 1. The highest BCUT2D eigenvalue weighted by atomic mass is 16.5. The van der Waals surface area contributed by atoms with Gasteiger partial charge in [0.05, 0.1) is 19.2 Å². The Morgan fingerprint density at radius 2 is 2.29 bits per heavy atom. The number of hydrogen-bond donors (Lipinski definition) is 2. The Labute approximate surface area is 140 Å². The van der Waals surface area contributed by atoms with Crippen molar-refractivity contribution in [3.63, 3.8) is 0 Å². The average Bonchev–Trinajstić information content (AvgIpc) is 3.02. The molecule has 0 spiro atoms. The molecule has 1 atom stereocenters. The van der Waals surface area contributed by atoms with Crippen LogP contribution in [0.25, 0.3) is 0 Å². The summed E-state index contributed by atoms with van der Waals surface area (Å²) in [6, 6.07) is 7.94. The Kier molecular flexibility index (Phi) is 5.10. The Hall–Kier alpha value is -2.41. The lowest BCUT2D eigenvalue weighted by Crippen LogP contribution is -2.44. The van der Waals surface area contributed by atoms with Gasteiger partial charge in [-0.25, -0.2) is 4.79 Å².